The topological polar surface area (TPSA) is 132 Å². The average Bonchev–Trinajstić information content (AvgIpc) is 3.26. The molecule has 0 spiro atoms. The van der Waals surface area contributed by atoms with Gasteiger partial charge in [-0.05, 0) is 62.7 Å². The molecule has 0 radical (unpaired) electrons. The molecule has 1 unspecified atom stereocenters. The van der Waals surface area contributed by atoms with E-state index in [4.69, 9.17) is 11.1 Å². The third-order valence-electron chi connectivity index (χ3n) is 6.31. The molecule has 180 valence electrons. The molecule has 2 aromatic rings. The Bertz CT molecular complexity index is 1110. The lowest BCUT2D eigenvalue weighted by molar-refractivity contribution is -0.131. The van der Waals surface area contributed by atoms with E-state index in [9.17, 15) is 14.4 Å². The van der Waals surface area contributed by atoms with Crippen molar-refractivity contribution in [3.63, 3.8) is 0 Å². The van der Waals surface area contributed by atoms with Gasteiger partial charge < -0.3 is 31.6 Å². The molecule has 1 fully saturated rings. The van der Waals surface area contributed by atoms with E-state index < -0.39 is 5.91 Å². The predicted octanol–water partition coefficient (Wildman–Crippen LogP) is 1.47. The Labute approximate surface area is 202 Å². The van der Waals surface area contributed by atoms with Gasteiger partial charge in [-0.1, -0.05) is 0 Å². The van der Waals surface area contributed by atoms with Gasteiger partial charge >= 0.3 is 0 Å². The van der Waals surface area contributed by atoms with Crippen molar-refractivity contribution in [1.29, 1.82) is 5.41 Å². The number of piperidine rings is 1. The van der Waals surface area contributed by atoms with E-state index >= 15 is 0 Å². The van der Waals surface area contributed by atoms with Crippen LogP contribution in [-0.2, 0) is 17.8 Å². The summed E-state index contributed by atoms with van der Waals surface area (Å²) in [5, 5.41) is 13.2. The number of carbonyl (C=O) groups is 3. The highest BCUT2D eigenvalue weighted by Gasteiger charge is 2.26. The van der Waals surface area contributed by atoms with Crippen LogP contribution in [0, 0.1) is 5.41 Å². The van der Waals surface area contributed by atoms with Crippen LogP contribution in [0.3, 0.4) is 0 Å². The van der Waals surface area contributed by atoms with Crippen LogP contribution in [0.2, 0.25) is 0 Å². The number of rotatable bonds is 6. The molecule has 10 heteroatoms. The first kappa shape index (κ1) is 23.9. The van der Waals surface area contributed by atoms with Crippen LogP contribution in [-0.4, -0.2) is 73.0 Å². The number of benzene rings is 1. The van der Waals surface area contributed by atoms with E-state index in [2.05, 4.69) is 22.6 Å². The van der Waals surface area contributed by atoms with E-state index in [0.29, 0.717) is 41.2 Å². The van der Waals surface area contributed by atoms with E-state index in [1.54, 1.807) is 17.0 Å². The molecule has 3 amide bonds. The summed E-state index contributed by atoms with van der Waals surface area (Å²) in [6, 6.07) is 6.73. The fraction of sp³-hybridized carbons (Fsp3) is 0.417. The van der Waals surface area contributed by atoms with Crippen molar-refractivity contribution in [2.75, 3.05) is 39.0 Å². The Hall–Kier alpha value is -3.24. The molecule has 1 aromatic carbocycles. The van der Waals surface area contributed by atoms with Crippen molar-refractivity contribution in [3.8, 4) is 0 Å². The molecule has 1 saturated heterocycles. The molecule has 0 saturated carbocycles. The summed E-state index contributed by atoms with van der Waals surface area (Å²) < 4.78 is 0. The van der Waals surface area contributed by atoms with Gasteiger partial charge in [-0.25, -0.2) is 0 Å². The molecule has 0 bridgehead atoms. The number of amides is 3. The van der Waals surface area contributed by atoms with E-state index in [0.717, 1.165) is 42.6 Å². The molecule has 2 aliphatic rings. The summed E-state index contributed by atoms with van der Waals surface area (Å²) in [7, 11) is 2.07. The number of hydrogen-bond donors (Lipinski definition) is 4. The number of likely N-dealkylation sites (N-methyl/N-ethyl adjacent to an activating group) is 1. The first-order valence-electron chi connectivity index (χ1n) is 11.4. The highest BCUT2D eigenvalue weighted by atomic mass is 32.1. The number of thiophene rings is 1. The largest absolute Gasteiger partial charge is 0.398 e. The van der Waals surface area contributed by atoms with Crippen molar-refractivity contribution in [1.82, 2.24) is 20.4 Å². The fourth-order valence-corrected chi connectivity index (χ4v) is 5.48. The van der Waals surface area contributed by atoms with Gasteiger partial charge in [0, 0.05) is 53.6 Å². The SMILES string of the molecule is CN1CCCC(NC(=O)c2cc3c(s2)CCN(C(=O)CNC(=O)c2ccc(N)c(C=N)c2)C3)C1. The van der Waals surface area contributed by atoms with Gasteiger partial charge in [0.1, 0.15) is 0 Å². The van der Waals surface area contributed by atoms with Crippen LogP contribution in [0.15, 0.2) is 24.3 Å². The normalized spacial score (nSPS) is 18.1. The van der Waals surface area contributed by atoms with Crippen LogP contribution in [0.5, 0.6) is 0 Å². The minimum absolute atomic E-state index is 0.0439. The van der Waals surface area contributed by atoms with Crippen LogP contribution in [0.25, 0.3) is 0 Å². The monoisotopic (exact) mass is 482 g/mol. The van der Waals surface area contributed by atoms with Gasteiger partial charge in [0.15, 0.2) is 0 Å². The summed E-state index contributed by atoms with van der Waals surface area (Å²) >= 11 is 1.50. The van der Waals surface area contributed by atoms with Gasteiger partial charge in [0.25, 0.3) is 11.8 Å². The molecule has 0 aliphatic carbocycles. The van der Waals surface area contributed by atoms with Gasteiger partial charge in [0.05, 0.1) is 11.4 Å². The number of nitrogen functional groups attached to an aromatic ring is 1. The number of hydrogen-bond acceptors (Lipinski definition) is 7. The van der Waals surface area contributed by atoms with E-state index in [1.165, 1.54) is 17.4 Å². The maximum absolute atomic E-state index is 12.8. The number of likely N-dealkylation sites (tertiary alicyclic amines) is 1. The molecule has 5 N–H and O–H groups in total. The Morgan fingerprint density at radius 2 is 2.06 bits per heavy atom. The van der Waals surface area contributed by atoms with Crippen molar-refractivity contribution < 1.29 is 14.4 Å². The van der Waals surface area contributed by atoms with Crippen molar-refractivity contribution in [3.05, 3.63) is 50.7 Å². The van der Waals surface area contributed by atoms with Crippen LogP contribution >= 0.6 is 11.3 Å². The Balaban J connectivity index is 1.31. The molecule has 1 atom stereocenters. The second-order valence-corrected chi connectivity index (χ2v) is 10.0. The Kier molecular flexibility index (Phi) is 7.28. The lowest BCUT2D eigenvalue weighted by Crippen LogP contribution is -2.46. The average molecular weight is 483 g/mol. The molecule has 3 heterocycles. The minimum Gasteiger partial charge on any atom is -0.398 e. The minimum atomic E-state index is -0.392. The number of nitrogens with one attached hydrogen (secondary N) is 3. The first-order valence-corrected chi connectivity index (χ1v) is 12.2. The molecular formula is C24H30N6O3S. The molecule has 2 aliphatic heterocycles. The molecule has 1 aromatic heterocycles. The second kappa shape index (κ2) is 10.4. The molecule has 9 nitrogen and oxygen atoms in total. The highest BCUT2D eigenvalue weighted by Crippen LogP contribution is 2.28. The third kappa shape index (κ3) is 5.45. The highest BCUT2D eigenvalue weighted by molar-refractivity contribution is 7.14. The van der Waals surface area contributed by atoms with Crippen LogP contribution in [0.1, 0.15) is 48.9 Å². The van der Waals surface area contributed by atoms with Crippen LogP contribution in [0.4, 0.5) is 5.69 Å². The van der Waals surface area contributed by atoms with Crippen molar-refractivity contribution in [2.24, 2.45) is 0 Å². The predicted molar refractivity (Wildman–Crippen MR) is 132 cm³/mol. The van der Waals surface area contributed by atoms with Crippen molar-refractivity contribution >= 4 is 41.0 Å². The van der Waals surface area contributed by atoms with Crippen molar-refractivity contribution in [2.45, 2.75) is 31.8 Å². The number of nitrogens with two attached hydrogens (primary N) is 1. The van der Waals surface area contributed by atoms with Gasteiger partial charge in [-0.15, -0.1) is 11.3 Å². The summed E-state index contributed by atoms with van der Waals surface area (Å²) in [5.74, 6) is -0.612. The van der Waals surface area contributed by atoms with Gasteiger partial charge in [-0.2, -0.15) is 0 Å². The lowest BCUT2D eigenvalue weighted by Gasteiger charge is -2.30. The standard InChI is InChI=1S/C24H30N6O3S/c1-29-7-2-3-18(14-29)28-24(33)21-10-17-13-30(8-6-20(17)34-21)22(31)12-27-23(32)15-4-5-19(26)16(9-15)11-25/h4-5,9-11,18,25H,2-3,6-8,12-14,26H2,1H3,(H,27,32)(H,28,33). The summed E-state index contributed by atoms with van der Waals surface area (Å²) in [4.78, 5) is 43.7. The lowest BCUT2D eigenvalue weighted by atomic mass is 10.1. The van der Waals surface area contributed by atoms with Crippen LogP contribution < -0.4 is 16.4 Å². The number of anilines is 1. The van der Waals surface area contributed by atoms with Gasteiger partial charge in [0.2, 0.25) is 5.91 Å². The zero-order chi connectivity index (χ0) is 24.2. The molecular weight excluding hydrogens is 452 g/mol. The summed E-state index contributed by atoms with van der Waals surface area (Å²) in [5.41, 5.74) is 7.98. The smallest absolute Gasteiger partial charge is 0.261 e. The zero-order valence-corrected chi connectivity index (χ0v) is 20.0. The Morgan fingerprint density at radius 1 is 1.24 bits per heavy atom. The maximum Gasteiger partial charge on any atom is 0.261 e. The maximum atomic E-state index is 12.8. The second-order valence-electron chi connectivity index (χ2n) is 8.87. The molecule has 34 heavy (non-hydrogen) atoms. The van der Waals surface area contributed by atoms with Gasteiger partial charge in [-0.3, -0.25) is 14.4 Å². The third-order valence-corrected chi connectivity index (χ3v) is 7.54. The summed E-state index contributed by atoms with van der Waals surface area (Å²) in [6.07, 6.45) is 3.86. The quantitative estimate of drug-likeness (QED) is 0.366. The van der Waals surface area contributed by atoms with E-state index in [-0.39, 0.29) is 24.4 Å². The number of carbonyl (C=O) groups excluding carboxylic acids is 3. The molecule has 4 rings (SSSR count). The zero-order valence-electron chi connectivity index (χ0n) is 19.2. The number of fused-ring (bicyclic) bond motifs is 1. The Morgan fingerprint density at radius 3 is 2.82 bits per heavy atom. The first-order chi connectivity index (χ1) is 16.3. The number of nitrogens with zero attached hydrogens (tertiary/aromatic N) is 2. The fourth-order valence-electron chi connectivity index (χ4n) is 4.41. The van der Waals surface area contributed by atoms with E-state index in [1.807, 2.05) is 6.07 Å². The summed E-state index contributed by atoms with van der Waals surface area (Å²) in [6.45, 7) is 2.79.